The van der Waals surface area contributed by atoms with Gasteiger partial charge in [0.15, 0.2) is 0 Å². The Balaban J connectivity index is -0.000000108. The smallest absolute Gasteiger partial charge is 0.390 e. The van der Waals surface area contributed by atoms with Crippen LogP contribution in [0.4, 0.5) is 0 Å². The molecular formula is C25H70NbO15Si5. The first-order chi connectivity index (χ1) is 20.6. The topological polar surface area (TPSA) is 193 Å². The third kappa shape index (κ3) is 52.0. The summed E-state index contributed by atoms with van der Waals surface area (Å²) >= 11 is 0. The van der Waals surface area contributed by atoms with E-state index >= 15 is 0 Å². The van der Waals surface area contributed by atoms with Crippen molar-refractivity contribution < 1.29 is 90.6 Å². The van der Waals surface area contributed by atoms with Gasteiger partial charge in [-0.3, -0.25) is 0 Å². The van der Waals surface area contributed by atoms with E-state index in [2.05, 4.69) is 0 Å². The van der Waals surface area contributed by atoms with Crippen LogP contribution in [-0.2, 0) is 66.6 Å². The Hall–Kier alpha value is 1.22. The molecule has 0 aliphatic heterocycles. The van der Waals surface area contributed by atoms with Gasteiger partial charge in [-0.1, -0.05) is 0 Å². The standard InChI is InChI=1S/5C5H14O3Si.Nb/c5*1-4-7-9(3,6)8-5-2;/h5*6H,4-5H2,1-3H3;. The Labute approximate surface area is 301 Å². The van der Waals surface area contributed by atoms with Crippen LogP contribution in [0.2, 0.25) is 32.7 Å². The molecule has 0 saturated heterocycles. The van der Waals surface area contributed by atoms with Gasteiger partial charge in [-0.25, -0.2) is 0 Å². The largest absolute Gasteiger partial charge is 0.494 e. The monoisotopic (exact) mass is 843 g/mol. The van der Waals surface area contributed by atoms with Crippen LogP contribution in [0.25, 0.3) is 0 Å². The quantitative estimate of drug-likeness (QED) is 0.112. The molecule has 0 amide bonds. The molecule has 1 radical (unpaired) electrons. The fourth-order valence-electron chi connectivity index (χ4n) is 2.89. The Morgan fingerprint density at radius 3 is 0.370 bits per heavy atom. The van der Waals surface area contributed by atoms with E-state index in [9.17, 15) is 24.0 Å². The number of hydrogen-bond donors (Lipinski definition) is 5. The molecule has 0 aromatic carbocycles. The van der Waals surface area contributed by atoms with Crippen molar-refractivity contribution in [1.29, 1.82) is 0 Å². The number of rotatable bonds is 20. The van der Waals surface area contributed by atoms with E-state index in [-0.39, 0.29) is 22.4 Å². The fourth-order valence-corrected chi connectivity index (χ4v) is 8.66. The van der Waals surface area contributed by atoms with Crippen LogP contribution >= 0.6 is 0 Å². The van der Waals surface area contributed by atoms with Crippen molar-refractivity contribution in [3.8, 4) is 0 Å². The molecule has 0 aromatic heterocycles. The Bertz CT molecular complexity index is 456. The molecule has 0 spiro atoms. The van der Waals surface area contributed by atoms with Crippen LogP contribution in [0.5, 0.6) is 0 Å². The Morgan fingerprint density at radius 2 is 0.326 bits per heavy atom. The average Bonchev–Trinajstić information content (AvgIpc) is 2.85. The van der Waals surface area contributed by atoms with E-state index in [1.165, 1.54) is 0 Å². The van der Waals surface area contributed by atoms with Crippen molar-refractivity contribution in [2.75, 3.05) is 66.1 Å². The zero-order chi connectivity index (χ0) is 36.6. The first-order valence-corrected chi connectivity index (χ1v) is 26.9. The minimum Gasteiger partial charge on any atom is -0.390 e. The van der Waals surface area contributed by atoms with E-state index in [1.807, 2.05) is 69.2 Å². The molecular weight excluding hydrogens is 774 g/mol. The van der Waals surface area contributed by atoms with Gasteiger partial charge < -0.3 is 68.2 Å². The zero-order valence-corrected chi connectivity index (χ0v) is 38.5. The van der Waals surface area contributed by atoms with Gasteiger partial charge in [0.1, 0.15) is 0 Å². The van der Waals surface area contributed by atoms with E-state index in [0.717, 1.165) is 0 Å². The first-order valence-electron chi connectivity index (χ1n) is 15.6. The average molecular weight is 844 g/mol. The van der Waals surface area contributed by atoms with Gasteiger partial charge in [0.2, 0.25) is 0 Å². The molecule has 0 bridgehead atoms. The van der Waals surface area contributed by atoms with Crippen molar-refractivity contribution in [3.63, 3.8) is 0 Å². The van der Waals surface area contributed by atoms with Crippen LogP contribution in [-0.4, -0.2) is 134 Å². The molecule has 15 nitrogen and oxygen atoms in total. The van der Waals surface area contributed by atoms with Gasteiger partial charge in [0.25, 0.3) is 0 Å². The van der Waals surface area contributed by atoms with E-state index < -0.39 is 44.0 Å². The van der Waals surface area contributed by atoms with E-state index in [0.29, 0.717) is 66.1 Å². The number of hydrogen-bond acceptors (Lipinski definition) is 15. The summed E-state index contributed by atoms with van der Waals surface area (Å²) in [5.74, 6) is 0. The maximum absolute atomic E-state index is 9.21. The van der Waals surface area contributed by atoms with Crippen molar-refractivity contribution in [1.82, 2.24) is 0 Å². The van der Waals surface area contributed by atoms with Gasteiger partial charge in [-0.15, -0.1) is 0 Å². The normalized spacial score (nSPS) is 11.7. The molecule has 0 aromatic rings. The van der Waals surface area contributed by atoms with Crippen molar-refractivity contribution in [2.24, 2.45) is 0 Å². The summed E-state index contributed by atoms with van der Waals surface area (Å²) in [5, 5.41) is 0. The minimum atomic E-state index is -2.70. The molecule has 5 N–H and O–H groups in total. The molecule has 46 heavy (non-hydrogen) atoms. The second-order valence-corrected chi connectivity index (χ2v) is 20.7. The van der Waals surface area contributed by atoms with Crippen LogP contribution in [0.15, 0.2) is 0 Å². The predicted octanol–water partition coefficient (Wildman–Crippen LogP) is 3.10. The maximum atomic E-state index is 9.21. The SMILES string of the molecule is CCO[Si](C)(O)OCC.CCO[Si](C)(O)OCC.CCO[Si](C)(O)OCC.CCO[Si](C)(O)OCC.CCO[Si](C)(O)OCC.[Nb]. The van der Waals surface area contributed by atoms with Gasteiger partial charge >= 0.3 is 44.0 Å². The van der Waals surface area contributed by atoms with E-state index in [4.69, 9.17) is 44.3 Å². The zero-order valence-electron chi connectivity index (χ0n) is 31.3. The molecule has 285 valence electrons. The molecule has 0 saturated carbocycles. The summed E-state index contributed by atoms with van der Waals surface area (Å²) in [6, 6.07) is 0. The van der Waals surface area contributed by atoms with Gasteiger partial charge in [-0.2, -0.15) is 0 Å². The molecule has 0 aliphatic rings. The van der Waals surface area contributed by atoms with Crippen molar-refractivity contribution in [3.05, 3.63) is 0 Å². The second kappa shape index (κ2) is 36.0. The van der Waals surface area contributed by atoms with Gasteiger partial charge in [0, 0.05) is 121 Å². The Morgan fingerprint density at radius 1 is 0.261 bits per heavy atom. The predicted molar refractivity (Wildman–Crippen MR) is 185 cm³/mol. The molecule has 0 aliphatic carbocycles. The van der Waals surface area contributed by atoms with Crippen LogP contribution < -0.4 is 0 Å². The summed E-state index contributed by atoms with van der Waals surface area (Å²) in [7, 11) is -13.5. The third-order valence-electron chi connectivity index (χ3n) is 4.12. The van der Waals surface area contributed by atoms with E-state index in [1.54, 1.807) is 32.7 Å². The molecule has 0 unspecified atom stereocenters. The van der Waals surface area contributed by atoms with Crippen molar-refractivity contribution in [2.45, 2.75) is 102 Å². The Kier molecular flexibility index (Phi) is 46.5. The summed E-state index contributed by atoms with van der Waals surface area (Å²) in [6.45, 7) is 31.5. The maximum Gasteiger partial charge on any atom is 0.494 e. The molecule has 0 fully saturated rings. The summed E-state index contributed by atoms with van der Waals surface area (Å²) in [5.41, 5.74) is 0. The van der Waals surface area contributed by atoms with Crippen LogP contribution in [0.1, 0.15) is 69.2 Å². The second-order valence-electron chi connectivity index (χ2n) is 8.82. The van der Waals surface area contributed by atoms with Crippen LogP contribution in [0, 0.1) is 0 Å². The molecule has 0 heterocycles. The van der Waals surface area contributed by atoms with Gasteiger partial charge in [0.05, 0.1) is 0 Å². The summed E-state index contributed by atoms with van der Waals surface area (Å²) in [6.07, 6.45) is 0. The summed E-state index contributed by atoms with van der Waals surface area (Å²) in [4.78, 5) is 46.0. The third-order valence-corrected chi connectivity index (χ3v) is 12.4. The van der Waals surface area contributed by atoms with Crippen molar-refractivity contribution >= 4 is 44.0 Å². The molecule has 21 heteroatoms. The first kappa shape index (κ1) is 59.4. The minimum absolute atomic E-state index is 0. The van der Waals surface area contributed by atoms with Crippen LogP contribution in [0.3, 0.4) is 0 Å². The fraction of sp³-hybridized carbons (Fsp3) is 1.00. The molecule has 0 atom stereocenters. The molecule has 0 rings (SSSR count). The summed E-state index contributed by atoms with van der Waals surface area (Å²) < 4.78 is 49.4. The van der Waals surface area contributed by atoms with Gasteiger partial charge in [-0.05, 0) is 69.2 Å².